The van der Waals surface area contributed by atoms with Crippen molar-refractivity contribution in [3.05, 3.63) is 200 Å². The molecule has 0 saturated heterocycles. The Morgan fingerprint density at radius 3 is 1.84 bits per heavy atom. The normalized spacial score (nSPS) is 11.4. The quantitative estimate of drug-likeness (QED) is 0.164. The monoisotopic (exact) mass is 721 g/mol. The molecule has 0 unspecified atom stereocenters. The van der Waals surface area contributed by atoms with Crippen molar-refractivity contribution >= 4 is 59.3 Å². The van der Waals surface area contributed by atoms with Crippen molar-refractivity contribution in [3.8, 4) is 45.0 Å². The zero-order valence-corrected chi connectivity index (χ0v) is 31.0. The second-order valence-electron chi connectivity index (χ2n) is 13.9. The van der Waals surface area contributed by atoms with E-state index in [1.807, 2.05) is 29.5 Å². The van der Waals surface area contributed by atoms with Gasteiger partial charge in [0.05, 0.1) is 11.4 Å². The van der Waals surface area contributed by atoms with Crippen LogP contribution >= 0.6 is 11.3 Å². The lowest BCUT2D eigenvalue weighted by molar-refractivity contribution is 1.19. The van der Waals surface area contributed by atoms with Crippen molar-refractivity contribution in [1.29, 1.82) is 0 Å². The van der Waals surface area contributed by atoms with Crippen LogP contribution in [0.5, 0.6) is 0 Å². The van der Waals surface area contributed by atoms with Gasteiger partial charge in [0.1, 0.15) is 0 Å². The molecule has 0 aliphatic rings. The zero-order chi connectivity index (χ0) is 36.7. The number of hydrogen-bond acceptors (Lipinski definition) is 4. The molecular weight excluding hydrogens is 687 g/mol. The van der Waals surface area contributed by atoms with E-state index in [1.165, 1.54) is 36.7 Å². The lowest BCUT2D eigenvalue weighted by Gasteiger charge is -2.27. The molecule has 0 radical (unpaired) electrons. The Kier molecular flexibility index (Phi) is 8.24. The van der Waals surface area contributed by atoms with Crippen LogP contribution in [0.25, 0.3) is 76.0 Å². The molecule has 3 nitrogen and oxygen atoms in total. The molecule has 0 aliphatic heterocycles. The second kappa shape index (κ2) is 13.8. The Hall–Kier alpha value is -6.88. The van der Waals surface area contributed by atoms with Crippen LogP contribution in [0.3, 0.4) is 0 Å². The number of rotatable bonds is 7. The number of thiophene rings is 1. The molecule has 260 valence electrons. The second-order valence-corrected chi connectivity index (χ2v) is 14.9. The van der Waals surface area contributed by atoms with Crippen LogP contribution in [-0.4, -0.2) is 9.97 Å². The first-order valence-electron chi connectivity index (χ1n) is 18.6. The van der Waals surface area contributed by atoms with Crippen LogP contribution in [0, 0.1) is 6.92 Å². The highest BCUT2D eigenvalue weighted by Gasteiger charge is 2.18. The van der Waals surface area contributed by atoms with E-state index in [9.17, 15) is 0 Å². The van der Waals surface area contributed by atoms with E-state index < -0.39 is 0 Å². The van der Waals surface area contributed by atoms with Gasteiger partial charge in [-0.05, 0) is 82.9 Å². The Morgan fingerprint density at radius 1 is 0.400 bits per heavy atom. The predicted octanol–water partition coefficient (Wildman–Crippen LogP) is 14.4. The fourth-order valence-corrected chi connectivity index (χ4v) is 8.89. The van der Waals surface area contributed by atoms with Gasteiger partial charge in [-0.2, -0.15) is 0 Å². The third kappa shape index (κ3) is 6.03. The summed E-state index contributed by atoms with van der Waals surface area (Å²) in [5.41, 5.74) is 11.9. The highest BCUT2D eigenvalue weighted by Crippen LogP contribution is 2.42. The van der Waals surface area contributed by atoms with Gasteiger partial charge < -0.3 is 4.90 Å². The van der Waals surface area contributed by atoms with Gasteiger partial charge in [0.15, 0.2) is 5.82 Å². The maximum atomic E-state index is 5.25. The average molecular weight is 722 g/mol. The Bertz CT molecular complexity index is 3000. The van der Waals surface area contributed by atoms with Crippen LogP contribution in [0.4, 0.5) is 17.1 Å². The molecule has 0 spiro atoms. The van der Waals surface area contributed by atoms with Crippen molar-refractivity contribution in [2.75, 3.05) is 4.90 Å². The summed E-state index contributed by atoms with van der Waals surface area (Å²) >= 11 is 1.83. The van der Waals surface area contributed by atoms with Gasteiger partial charge >= 0.3 is 0 Å². The molecule has 0 N–H and O–H groups in total. The highest BCUT2D eigenvalue weighted by atomic mass is 32.1. The van der Waals surface area contributed by atoms with Gasteiger partial charge in [0.2, 0.25) is 0 Å². The number of nitrogens with zero attached hydrogens (tertiary/aromatic N) is 3. The summed E-state index contributed by atoms with van der Waals surface area (Å²) in [5, 5.41) is 4.89. The van der Waals surface area contributed by atoms with E-state index in [4.69, 9.17) is 9.97 Å². The predicted molar refractivity (Wildman–Crippen MR) is 234 cm³/mol. The number of aromatic nitrogens is 2. The van der Waals surface area contributed by atoms with Gasteiger partial charge in [-0.3, -0.25) is 0 Å². The maximum Gasteiger partial charge on any atom is 0.160 e. The minimum Gasteiger partial charge on any atom is -0.310 e. The number of aryl methyl sites for hydroxylation is 1. The van der Waals surface area contributed by atoms with Gasteiger partial charge in [-0.15, -0.1) is 11.3 Å². The Balaban J connectivity index is 1.12. The third-order valence-electron chi connectivity index (χ3n) is 10.4. The molecule has 0 atom stereocenters. The molecule has 10 rings (SSSR count). The van der Waals surface area contributed by atoms with E-state index in [0.717, 1.165) is 56.1 Å². The lowest BCUT2D eigenvalue weighted by Crippen LogP contribution is -2.11. The summed E-state index contributed by atoms with van der Waals surface area (Å²) in [4.78, 5) is 12.8. The number of para-hydroxylation sites is 2. The van der Waals surface area contributed by atoms with Gasteiger partial charge in [-0.1, -0.05) is 146 Å². The number of benzene rings is 8. The first-order valence-corrected chi connectivity index (χ1v) is 19.4. The average Bonchev–Trinajstić information content (AvgIpc) is 3.63. The van der Waals surface area contributed by atoms with Gasteiger partial charge in [0.25, 0.3) is 0 Å². The number of anilines is 3. The Morgan fingerprint density at radius 2 is 1.02 bits per heavy atom. The van der Waals surface area contributed by atoms with E-state index in [-0.39, 0.29) is 0 Å². The summed E-state index contributed by atoms with van der Waals surface area (Å²) in [7, 11) is 0. The van der Waals surface area contributed by atoms with E-state index in [2.05, 4.69) is 188 Å². The molecule has 0 amide bonds. The molecule has 2 aromatic heterocycles. The zero-order valence-electron chi connectivity index (χ0n) is 30.2. The number of hydrogen-bond donors (Lipinski definition) is 0. The first kappa shape index (κ1) is 32.7. The molecule has 0 bridgehead atoms. The lowest BCUT2D eigenvalue weighted by atomic mass is 9.93. The summed E-state index contributed by atoms with van der Waals surface area (Å²) in [6, 6.07) is 69.0. The van der Waals surface area contributed by atoms with Crippen LogP contribution in [-0.2, 0) is 0 Å². The molecule has 0 saturated carbocycles. The fraction of sp³-hybridized carbons (Fsp3) is 0.0196. The molecule has 2 heterocycles. The molecular formula is C51H35N3S. The molecule has 8 aromatic carbocycles. The largest absolute Gasteiger partial charge is 0.310 e. The number of fused-ring (bicyclic) bond motifs is 4. The third-order valence-corrected chi connectivity index (χ3v) is 11.6. The van der Waals surface area contributed by atoms with Gasteiger partial charge in [0, 0.05) is 53.9 Å². The molecule has 0 fully saturated rings. The van der Waals surface area contributed by atoms with Crippen molar-refractivity contribution in [2.24, 2.45) is 0 Å². The molecule has 4 heteroatoms. The standard InChI is InChI=1S/C51H35N3S/c1-34-15-8-12-25-48(34)54(38-19-6-3-7-20-38)39-21-14-18-36(31-39)40-29-30-43(42-23-10-9-22-41(40)42)47-33-46(52-51(53-47)35-16-4-2-5-17-35)37-27-28-45-44-24-11-13-26-49(44)55-50(45)32-37/h2-33H,1H3. The Labute approximate surface area is 324 Å². The van der Waals surface area contributed by atoms with E-state index in [1.54, 1.807) is 0 Å². The molecule has 0 aliphatic carbocycles. The minimum atomic E-state index is 0.711. The van der Waals surface area contributed by atoms with Crippen molar-refractivity contribution < 1.29 is 0 Å². The summed E-state index contributed by atoms with van der Waals surface area (Å²) in [6.45, 7) is 2.17. The topological polar surface area (TPSA) is 29.0 Å². The van der Waals surface area contributed by atoms with Crippen molar-refractivity contribution in [1.82, 2.24) is 9.97 Å². The summed E-state index contributed by atoms with van der Waals surface area (Å²) in [6.07, 6.45) is 0. The van der Waals surface area contributed by atoms with Crippen LogP contribution < -0.4 is 4.90 Å². The van der Waals surface area contributed by atoms with E-state index in [0.29, 0.717) is 5.82 Å². The summed E-state index contributed by atoms with van der Waals surface area (Å²) in [5.74, 6) is 0.711. The molecule has 55 heavy (non-hydrogen) atoms. The van der Waals surface area contributed by atoms with E-state index >= 15 is 0 Å². The summed E-state index contributed by atoms with van der Waals surface area (Å²) < 4.78 is 2.55. The SMILES string of the molecule is Cc1ccccc1N(c1ccccc1)c1cccc(-c2ccc(-c3cc(-c4ccc5c(c4)sc4ccccc45)nc(-c4ccccc4)n3)c3ccccc23)c1. The van der Waals surface area contributed by atoms with Crippen LogP contribution in [0.1, 0.15) is 5.56 Å². The smallest absolute Gasteiger partial charge is 0.160 e. The van der Waals surface area contributed by atoms with Crippen LogP contribution in [0.2, 0.25) is 0 Å². The van der Waals surface area contributed by atoms with Crippen LogP contribution in [0.15, 0.2) is 194 Å². The maximum absolute atomic E-state index is 5.25. The minimum absolute atomic E-state index is 0.711. The van der Waals surface area contributed by atoms with Gasteiger partial charge in [-0.25, -0.2) is 9.97 Å². The molecule has 10 aromatic rings. The van der Waals surface area contributed by atoms with Crippen molar-refractivity contribution in [3.63, 3.8) is 0 Å². The van der Waals surface area contributed by atoms with Crippen molar-refractivity contribution in [2.45, 2.75) is 6.92 Å². The fourth-order valence-electron chi connectivity index (χ4n) is 7.74. The highest BCUT2D eigenvalue weighted by molar-refractivity contribution is 7.25. The first-order chi connectivity index (χ1) is 27.2.